The fourth-order valence-corrected chi connectivity index (χ4v) is 4.29. The number of nitrogens with zero attached hydrogens (tertiary/aromatic N) is 2. The number of nitrogens with two attached hydrogens (primary N) is 1. The van der Waals surface area contributed by atoms with Crippen LogP contribution in [-0.2, 0) is 4.79 Å². The predicted molar refractivity (Wildman–Crippen MR) is 104 cm³/mol. The van der Waals surface area contributed by atoms with Crippen molar-refractivity contribution in [1.29, 1.82) is 0 Å². The summed E-state index contributed by atoms with van der Waals surface area (Å²) in [6.45, 7) is 2.94. The number of thiazole rings is 1. The van der Waals surface area contributed by atoms with Crippen LogP contribution in [0.3, 0.4) is 0 Å². The third kappa shape index (κ3) is 3.03. The van der Waals surface area contributed by atoms with Gasteiger partial charge in [-0.15, -0.1) is 11.3 Å². The first-order chi connectivity index (χ1) is 13.3. The van der Waals surface area contributed by atoms with Crippen LogP contribution in [0.1, 0.15) is 39.5 Å². The summed E-state index contributed by atoms with van der Waals surface area (Å²) < 4.78 is 5.88. The van der Waals surface area contributed by atoms with E-state index in [1.807, 2.05) is 6.92 Å². The highest BCUT2D eigenvalue weighted by Crippen LogP contribution is 2.41. The first-order valence-corrected chi connectivity index (χ1v) is 9.69. The Morgan fingerprint density at radius 1 is 1.50 bits per heavy atom. The lowest BCUT2D eigenvalue weighted by Gasteiger charge is -2.13. The van der Waals surface area contributed by atoms with Crippen molar-refractivity contribution in [3.05, 3.63) is 33.6 Å². The molecular formula is C20H19N3O4S. The van der Waals surface area contributed by atoms with Crippen molar-refractivity contribution in [2.45, 2.75) is 24.9 Å². The molecule has 1 fully saturated rings. The smallest absolute Gasteiger partial charge is 0.277 e. The molecule has 1 saturated heterocycles. The van der Waals surface area contributed by atoms with Gasteiger partial charge in [0, 0.05) is 41.9 Å². The van der Waals surface area contributed by atoms with E-state index in [0.717, 1.165) is 10.4 Å². The zero-order chi connectivity index (χ0) is 20.1. The number of benzene rings is 1. The molecule has 0 aliphatic carbocycles. The molecule has 0 bridgehead atoms. The van der Waals surface area contributed by atoms with Gasteiger partial charge in [0.2, 0.25) is 5.60 Å². The van der Waals surface area contributed by atoms with Gasteiger partial charge in [-0.2, -0.15) is 0 Å². The molecule has 8 heteroatoms. The van der Waals surface area contributed by atoms with Crippen LogP contribution >= 0.6 is 11.3 Å². The summed E-state index contributed by atoms with van der Waals surface area (Å²) in [5.74, 6) is 5.38. The maximum atomic E-state index is 12.1. The van der Waals surface area contributed by atoms with Crippen molar-refractivity contribution in [1.82, 2.24) is 9.88 Å². The van der Waals surface area contributed by atoms with Gasteiger partial charge in [0.1, 0.15) is 5.75 Å². The summed E-state index contributed by atoms with van der Waals surface area (Å²) >= 11 is 1.28. The number of carbonyl (C=O) groups excluding carboxylic acids is 2. The van der Waals surface area contributed by atoms with Crippen LogP contribution < -0.4 is 10.5 Å². The fraction of sp³-hybridized carbons (Fsp3) is 0.350. The quantitative estimate of drug-likeness (QED) is 0.707. The zero-order valence-electron chi connectivity index (χ0n) is 15.5. The van der Waals surface area contributed by atoms with Crippen LogP contribution in [0.4, 0.5) is 0 Å². The first-order valence-electron chi connectivity index (χ1n) is 8.87. The highest BCUT2D eigenvalue weighted by Gasteiger charge is 2.42. The van der Waals surface area contributed by atoms with Gasteiger partial charge in [0.05, 0.1) is 12.3 Å². The molecule has 28 heavy (non-hydrogen) atoms. The Bertz CT molecular complexity index is 1050. The number of likely N-dealkylation sites (N-methyl/N-ethyl adjacent to an activating group) is 1. The van der Waals surface area contributed by atoms with Gasteiger partial charge in [0.15, 0.2) is 5.01 Å². The Morgan fingerprint density at radius 2 is 2.29 bits per heavy atom. The monoisotopic (exact) mass is 397 g/mol. The number of aliphatic hydroxyl groups is 1. The summed E-state index contributed by atoms with van der Waals surface area (Å²) in [6.07, 6.45) is 0.277. The van der Waals surface area contributed by atoms with Crippen LogP contribution in [0.5, 0.6) is 5.75 Å². The molecule has 0 unspecified atom stereocenters. The lowest BCUT2D eigenvalue weighted by atomic mass is 10.0. The largest absolute Gasteiger partial charge is 0.492 e. The maximum Gasteiger partial charge on any atom is 0.277 e. The number of ether oxygens (including phenoxy) is 1. The second-order valence-electron chi connectivity index (χ2n) is 7.11. The third-order valence-electron chi connectivity index (χ3n) is 4.96. The van der Waals surface area contributed by atoms with Crippen molar-refractivity contribution in [2.24, 2.45) is 5.73 Å². The Balaban J connectivity index is 1.76. The average molecular weight is 397 g/mol. The fourth-order valence-electron chi connectivity index (χ4n) is 3.32. The molecular weight excluding hydrogens is 378 g/mol. The molecule has 2 atom stereocenters. The number of hydrogen-bond acceptors (Lipinski definition) is 6. The van der Waals surface area contributed by atoms with Crippen molar-refractivity contribution in [3.63, 3.8) is 0 Å². The van der Waals surface area contributed by atoms with Crippen LogP contribution in [0.2, 0.25) is 0 Å². The summed E-state index contributed by atoms with van der Waals surface area (Å²) in [4.78, 5) is 30.5. The Kier molecular flexibility index (Phi) is 4.37. The number of fused-ring (bicyclic) bond motifs is 3. The van der Waals surface area contributed by atoms with E-state index < -0.39 is 11.5 Å². The molecule has 3 N–H and O–H groups in total. The van der Waals surface area contributed by atoms with Gasteiger partial charge in [-0.3, -0.25) is 9.59 Å². The lowest BCUT2D eigenvalue weighted by Crippen LogP contribution is -2.37. The maximum absolute atomic E-state index is 12.1. The van der Waals surface area contributed by atoms with E-state index in [1.165, 1.54) is 16.2 Å². The number of hydrogen-bond donors (Lipinski definition) is 2. The summed E-state index contributed by atoms with van der Waals surface area (Å²) in [6, 6.07) is 5.36. The van der Waals surface area contributed by atoms with Gasteiger partial charge in [-0.05, 0) is 18.2 Å². The normalized spacial score (nSPS) is 23.2. The van der Waals surface area contributed by atoms with E-state index in [2.05, 4.69) is 16.8 Å². The van der Waals surface area contributed by atoms with E-state index in [4.69, 9.17) is 10.5 Å². The Labute approximate surface area is 166 Å². The third-order valence-corrected chi connectivity index (χ3v) is 6.26. The molecule has 0 saturated carbocycles. The highest BCUT2D eigenvalue weighted by atomic mass is 32.1. The van der Waals surface area contributed by atoms with Crippen LogP contribution in [-0.4, -0.2) is 52.6 Å². The van der Waals surface area contributed by atoms with Crippen molar-refractivity contribution in [3.8, 4) is 28.8 Å². The number of carbonyl (C=O) groups is 2. The topological polar surface area (TPSA) is 106 Å². The van der Waals surface area contributed by atoms with Crippen molar-refractivity contribution in [2.75, 3.05) is 20.2 Å². The van der Waals surface area contributed by atoms with Crippen LogP contribution in [0.25, 0.3) is 11.3 Å². The average Bonchev–Trinajstić information content (AvgIpc) is 3.20. The van der Waals surface area contributed by atoms with Gasteiger partial charge in [-0.1, -0.05) is 18.8 Å². The molecule has 144 valence electrons. The summed E-state index contributed by atoms with van der Waals surface area (Å²) in [5, 5.41) is 10.7. The molecule has 2 aliphatic rings. The zero-order valence-corrected chi connectivity index (χ0v) is 16.3. The number of aromatic nitrogens is 1. The number of primary amides is 1. The predicted octanol–water partition coefficient (Wildman–Crippen LogP) is 1.35. The second-order valence-corrected chi connectivity index (χ2v) is 8.14. The second kappa shape index (κ2) is 6.62. The first kappa shape index (κ1) is 18.5. The Hall–Kier alpha value is -2.89. The number of amides is 2. The molecule has 0 spiro atoms. The summed E-state index contributed by atoms with van der Waals surface area (Å²) in [7, 11) is 1.64. The molecule has 2 aliphatic heterocycles. The molecule has 1 aromatic carbocycles. The molecule has 3 heterocycles. The molecule has 1 aromatic heterocycles. The van der Waals surface area contributed by atoms with E-state index >= 15 is 0 Å². The van der Waals surface area contributed by atoms with E-state index in [1.54, 1.807) is 25.2 Å². The van der Waals surface area contributed by atoms with Crippen molar-refractivity contribution < 1.29 is 19.4 Å². The van der Waals surface area contributed by atoms with Gasteiger partial charge in [-0.25, -0.2) is 4.98 Å². The number of likely N-dealkylation sites (tertiary alicyclic amines) is 1. The summed E-state index contributed by atoms with van der Waals surface area (Å²) in [5.41, 5.74) is 5.75. The van der Waals surface area contributed by atoms with E-state index in [-0.39, 0.29) is 23.3 Å². The molecule has 4 rings (SSSR count). The minimum Gasteiger partial charge on any atom is -0.492 e. The molecule has 2 amide bonds. The van der Waals surface area contributed by atoms with Gasteiger partial charge < -0.3 is 20.5 Å². The highest BCUT2D eigenvalue weighted by molar-refractivity contribution is 7.14. The Morgan fingerprint density at radius 3 is 2.96 bits per heavy atom. The number of rotatable bonds is 1. The van der Waals surface area contributed by atoms with Crippen LogP contribution in [0, 0.1) is 11.8 Å². The standard InChI is InChI=1S/C20H19N3O4S/c1-11-10-27-14-4-3-12(5-6-20(26)7-8-23(2)19(20)25)9-13(14)15-16(11)28-18(22-15)17(21)24/h3-4,9,11,26H,7-8,10H2,1-2H3,(H2,21,24)/t11-,20-/m0/s1. The minimum absolute atomic E-state index is 0.0647. The van der Waals surface area contributed by atoms with E-state index in [9.17, 15) is 14.7 Å². The van der Waals surface area contributed by atoms with Crippen LogP contribution in [0.15, 0.2) is 18.2 Å². The van der Waals surface area contributed by atoms with Gasteiger partial charge >= 0.3 is 0 Å². The molecule has 7 nitrogen and oxygen atoms in total. The SMILES string of the molecule is C[C@H]1COc2ccc(C#C[C@]3(O)CCN(C)C3=O)cc2-c2nc(C(N)=O)sc21. The lowest BCUT2D eigenvalue weighted by molar-refractivity contribution is -0.137. The minimum atomic E-state index is -1.66. The molecule has 0 radical (unpaired) electrons. The molecule has 2 aromatic rings. The van der Waals surface area contributed by atoms with Gasteiger partial charge in [0.25, 0.3) is 11.8 Å². The van der Waals surface area contributed by atoms with E-state index in [0.29, 0.717) is 30.2 Å². The van der Waals surface area contributed by atoms with Crippen molar-refractivity contribution >= 4 is 23.2 Å².